The lowest BCUT2D eigenvalue weighted by Gasteiger charge is -2.37. The average Bonchev–Trinajstić information content (AvgIpc) is 3.35. The minimum absolute atomic E-state index is 0.102. The number of nitrogens with zero attached hydrogens (tertiary/aromatic N) is 3. The molecule has 172 valence electrons. The molecule has 8 nitrogen and oxygen atoms in total. The van der Waals surface area contributed by atoms with Gasteiger partial charge in [0.25, 0.3) is 5.91 Å². The second-order valence-electron chi connectivity index (χ2n) is 8.46. The van der Waals surface area contributed by atoms with Crippen LogP contribution in [-0.4, -0.2) is 45.7 Å². The standard InChI is InChI=1S/C25H31N7O/c1-3-5-18(2)17-28-23(33)20-6-4-7-21(16-20)30-25(10-14-27-15-11-25)24-29-22(31-32-24)19-8-12-26-13-9-19/h4,6-9,12-13,16,27,30H,2-3,5,10-11,14-15,17H2,1H3,(H,28,33)(H,29,31,32). The number of aromatic nitrogens is 4. The molecule has 4 rings (SSSR count). The molecule has 3 aromatic rings. The number of benzene rings is 1. The van der Waals surface area contributed by atoms with Gasteiger partial charge in [-0.05, 0) is 62.7 Å². The van der Waals surface area contributed by atoms with E-state index in [1.165, 1.54) is 0 Å². The lowest BCUT2D eigenvalue weighted by molar-refractivity contribution is 0.0956. The van der Waals surface area contributed by atoms with Gasteiger partial charge in [-0.2, -0.15) is 5.10 Å². The zero-order chi connectivity index (χ0) is 23.1. The maximum absolute atomic E-state index is 12.7. The molecular formula is C25H31N7O. The first-order valence-corrected chi connectivity index (χ1v) is 11.5. The molecule has 0 bridgehead atoms. The summed E-state index contributed by atoms with van der Waals surface area (Å²) in [4.78, 5) is 21.6. The van der Waals surface area contributed by atoms with Gasteiger partial charge >= 0.3 is 0 Å². The van der Waals surface area contributed by atoms with Crippen molar-refractivity contribution in [3.8, 4) is 11.4 Å². The quantitative estimate of drug-likeness (QED) is 0.375. The summed E-state index contributed by atoms with van der Waals surface area (Å²) in [5.74, 6) is 1.34. The summed E-state index contributed by atoms with van der Waals surface area (Å²) >= 11 is 0. The Bertz CT molecular complexity index is 1090. The van der Waals surface area contributed by atoms with Gasteiger partial charge in [0, 0.05) is 35.8 Å². The number of hydrogen-bond donors (Lipinski definition) is 4. The number of pyridine rings is 1. The highest BCUT2D eigenvalue weighted by Gasteiger charge is 2.37. The van der Waals surface area contributed by atoms with Gasteiger partial charge in [-0.15, -0.1) is 0 Å². The molecular weight excluding hydrogens is 414 g/mol. The fourth-order valence-corrected chi connectivity index (χ4v) is 4.14. The number of hydrogen-bond acceptors (Lipinski definition) is 6. The molecule has 2 aromatic heterocycles. The van der Waals surface area contributed by atoms with Crippen LogP contribution in [0.4, 0.5) is 5.69 Å². The van der Waals surface area contributed by atoms with Gasteiger partial charge in [0.15, 0.2) is 11.6 Å². The molecule has 1 aliphatic rings. The first-order valence-electron chi connectivity index (χ1n) is 11.5. The monoisotopic (exact) mass is 445 g/mol. The Morgan fingerprint density at radius 3 is 2.73 bits per heavy atom. The summed E-state index contributed by atoms with van der Waals surface area (Å²) in [6, 6.07) is 11.4. The maximum Gasteiger partial charge on any atom is 0.251 e. The highest BCUT2D eigenvalue weighted by atomic mass is 16.1. The van der Waals surface area contributed by atoms with Crippen molar-refractivity contribution in [2.75, 3.05) is 25.0 Å². The van der Waals surface area contributed by atoms with Crippen LogP contribution in [0.5, 0.6) is 0 Å². The van der Waals surface area contributed by atoms with Gasteiger partial charge in [0.2, 0.25) is 0 Å². The molecule has 0 saturated carbocycles. The summed E-state index contributed by atoms with van der Waals surface area (Å²) in [7, 11) is 0. The Labute approximate surface area is 194 Å². The number of carbonyl (C=O) groups is 1. The number of anilines is 1. The first kappa shape index (κ1) is 22.7. The molecule has 0 unspecified atom stereocenters. The first-order chi connectivity index (χ1) is 16.1. The van der Waals surface area contributed by atoms with Crippen LogP contribution in [0, 0.1) is 0 Å². The zero-order valence-corrected chi connectivity index (χ0v) is 19.0. The number of amides is 1. The Kier molecular flexibility index (Phi) is 7.14. The van der Waals surface area contributed by atoms with Gasteiger partial charge in [-0.25, -0.2) is 4.98 Å². The number of carbonyl (C=O) groups excluding carboxylic acids is 1. The van der Waals surface area contributed by atoms with E-state index >= 15 is 0 Å². The van der Waals surface area contributed by atoms with Crippen LogP contribution in [0.15, 0.2) is 60.9 Å². The lowest BCUT2D eigenvalue weighted by atomic mass is 9.87. The van der Waals surface area contributed by atoms with Crippen molar-refractivity contribution in [2.45, 2.75) is 38.1 Å². The van der Waals surface area contributed by atoms with E-state index in [4.69, 9.17) is 4.98 Å². The number of aromatic amines is 1. The third-order valence-electron chi connectivity index (χ3n) is 5.95. The topological polar surface area (TPSA) is 108 Å². The molecule has 0 radical (unpaired) electrons. The van der Waals surface area contributed by atoms with Crippen molar-refractivity contribution in [1.82, 2.24) is 30.8 Å². The van der Waals surface area contributed by atoms with Crippen LogP contribution in [0.2, 0.25) is 0 Å². The van der Waals surface area contributed by atoms with E-state index in [9.17, 15) is 4.79 Å². The molecule has 8 heteroatoms. The summed E-state index contributed by atoms with van der Waals surface area (Å²) in [6.45, 7) is 8.34. The molecule has 0 atom stereocenters. The summed E-state index contributed by atoms with van der Waals surface area (Å²) in [5, 5.41) is 17.7. The maximum atomic E-state index is 12.7. The van der Waals surface area contributed by atoms with E-state index in [2.05, 4.69) is 44.6 Å². The van der Waals surface area contributed by atoms with Gasteiger partial charge in [0.1, 0.15) is 0 Å². The normalized spacial score (nSPS) is 15.1. The van der Waals surface area contributed by atoms with E-state index in [1.807, 2.05) is 36.4 Å². The number of piperidine rings is 1. The molecule has 1 saturated heterocycles. The van der Waals surface area contributed by atoms with Gasteiger partial charge in [-0.3, -0.25) is 14.9 Å². The number of nitrogens with one attached hydrogen (secondary N) is 4. The molecule has 1 fully saturated rings. The van der Waals surface area contributed by atoms with Crippen molar-refractivity contribution < 1.29 is 4.79 Å². The summed E-state index contributed by atoms with van der Waals surface area (Å²) in [5.41, 5.74) is 3.03. The van der Waals surface area contributed by atoms with Crippen LogP contribution in [-0.2, 0) is 5.54 Å². The van der Waals surface area contributed by atoms with Crippen LogP contribution in [0.1, 0.15) is 48.8 Å². The van der Waals surface area contributed by atoms with E-state index in [0.717, 1.165) is 61.4 Å². The SMILES string of the molecule is C=C(CCC)CNC(=O)c1cccc(NC2(c3nc(-c4ccncc4)n[nH]3)CCNCC2)c1. The smallest absolute Gasteiger partial charge is 0.251 e. The predicted octanol–water partition coefficient (Wildman–Crippen LogP) is 3.64. The van der Waals surface area contributed by atoms with E-state index in [-0.39, 0.29) is 5.91 Å². The summed E-state index contributed by atoms with van der Waals surface area (Å²) < 4.78 is 0. The largest absolute Gasteiger partial charge is 0.373 e. The van der Waals surface area contributed by atoms with E-state index in [1.54, 1.807) is 12.4 Å². The van der Waals surface area contributed by atoms with Gasteiger partial charge in [0.05, 0.1) is 5.54 Å². The number of H-pyrrole nitrogens is 1. The van der Waals surface area contributed by atoms with Gasteiger partial charge < -0.3 is 16.0 Å². The van der Waals surface area contributed by atoms with Crippen molar-refractivity contribution >= 4 is 11.6 Å². The van der Waals surface area contributed by atoms with Crippen LogP contribution < -0.4 is 16.0 Å². The fourth-order valence-electron chi connectivity index (χ4n) is 4.14. The average molecular weight is 446 g/mol. The molecule has 1 amide bonds. The fraction of sp³-hybridized carbons (Fsp3) is 0.360. The van der Waals surface area contributed by atoms with Crippen LogP contribution in [0.3, 0.4) is 0 Å². The molecule has 0 aliphatic carbocycles. The van der Waals surface area contributed by atoms with E-state index in [0.29, 0.717) is 17.9 Å². The Morgan fingerprint density at radius 1 is 1.18 bits per heavy atom. The Morgan fingerprint density at radius 2 is 1.97 bits per heavy atom. The molecule has 1 aromatic carbocycles. The minimum atomic E-state index is -0.409. The molecule has 3 heterocycles. The third kappa shape index (κ3) is 5.46. The van der Waals surface area contributed by atoms with Crippen molar-refractivity contribution in [3.05, 3.63) is 72.3 Å². The Balaban J connectivity index is 1.54. The van der Waals surface area contributed by atoms with Gasteiger partial charge in [-0.1, -0.05) is 31.6 Å². The minimum Gasteiger partial charge on any atom is -0.373 e. The second-order valence-corrected chi connectivity index (χ2v) is 8.46. The third-order valence-corrected chi connectivity index (χ3v) is 5.95. The summed E-state index contributed by atoms with van der Waals surface area (Å²) in [6.07, 6.45) is 7.08. The lowest BCUT2D eigenvalue weighted by Crippen LogP contribution is -2.46. The highest BCUT2D eigenvalue weighted by Crippen LogP contribution is 2.33. The highest BCUT2D eigenvalue weighted by molar-refractivity contribution is 5.95. The van der Waals surface area contributed by atoms with E-state index < -0.39 is 5.54 Å². The Hall–Kier alpha value is -3.52. The number of rotatable bonds is 9. The molecule has 0 spiro atoms. The molecule has 1 aliphatic heterocycles. The van der Waals surface area contributed by atoms with Crippen molar-refractivity contribution in [2.24, 2.45) is 0 Å². The van der Waals surface area contributed by atoms with Crippen LogP contribution in [0.25, 0.3) is 11.4 Å². The zero-order valence-electron chi connectivity index (χ0n) is 19.0. The van der Waals surface area contributed by atoms with Crippen molar-refractivity contribution in [3.63, 3.8) is 0 Å². The van der Waals surface area contributed by atoms with Crippen LogP contribution >= 0.6 is 0 Å². The predicted molar refractivity (Wildman–Crippen MR) is 130 cm³/mol. The van der Waals surface area contributed by atoms with Crippen molar-refractivity contribution in [1.29, 1.82) is 0 Å². The molecule has 4 N–H and O–H groups in total. The second kappa shape index (κ2) is 10.4. The molecule has 33 heavy (non-hydrogen) atoms.